The van der Waals surface area contributed by atoms with Crippen molar-refractivity contribution in [3.05, 3.63) is 86.7 Å². The van der Waals surface area contributed by atoms with Crippen molar-refractivity contribution in [3.8, 4) is 22.7 Å². The first-order valence-electron chi connectivity index (χ1n) is 9.29. The standard InChI is InChI=1S/C23H16N2O5/c1-12-4-3-5-16-21(27)20(23(28)30-22(12)16)17-10-13(2)24-25(17)15-7-8-18-14(11-15)6-9-19(26)29-18/h3-11,27H,1-2H3. The molecule has 0 aliphatic rings. The van der Waals surface area contributed by atoms with Crippen LogP contribution in [0.15, 0.2) is 73.0 Å². The summed E-state index contributed by atoms with van der Waals surface area (Å²) in [7, 11) is 0. The van der Waals surface area contributed by atoms with Gasteiger partial charge in [-0.1, -0.05) is 12.1 Å². The lowest BCUT2D eigenvalue weighted by Crippen LogP contribution is -2.08. The van der Waals surface area contributed by atoms with E-state index in [1.165, 1.54) is 6.07 Å². The van der Waals surface area contributed by atoms with Gasteiger partial charge in [0.1, 0.15) is 22.5 Å². The van der Waals surface area contributed by atoms with Gasteiger partial charge in [-0.25, -0.2) is 14.3 Å². The van der Waals surface area contributed by atoms with Gasteiger partial charge in [0.05, 0.1) is 22.5 Å². The molecule has 1 N–H and O–H groups in total. The van der Waals surface area contributed by atoms with E-state index in [2.05, 4.69) is 5.10 Å². The van der Waals surface area contributed by atoms with Crippen molar-refractivity contribution in [1.82, 2.24) is 9.78 Å². The highest BCUT2D eigenvalue weighted by molar-refractivity contribution is 5.91. The predicted octanol–water partition coefficient (Wildman–Crippen LogP) is 4.07. The van der Waals surface area contributed by atoms with E-state index >= 15 is 0 Å². The molecule has 0 saturated carbocycles. The zero-order chi connectivity index (χ0) is 21.0. The Morgan fingerprint density at radius 2 is 1.80 bits per heavy atom. The van der Waals surface area contributed by atoms with Gasteiger partial charge in [-0.2, -0.15) is 5.10 Å². The van der Waals surface area contributed by atoms with E-state index in [1.54, 1.807) is 54.1 Å². The van der Waals surface area contributed by atoms with Crippen LogP contribution in [-0.4, -0.2) is 14.9 Å². The van der Waals surface area contributed by atoms with Gasteiger partial charge in [-0.15, -0.1) is 0 Å². The van der Waals surface area contributed by atoms with Gasteiger partial charge in [0, 0.05) is 11.5 Å². The lowest BCUT2D eigenvalue weighted by atomic mass is 10.1. The number of rotatable bonds is 2. The second-order valence-electron chi connectivity index (χ2n) is 7.12. The molecule has 0 aliphatic carbocycles. The smallest absolute Gasteiger partial charge is 0.349 e. The first-order chi connectivity index (χ1) is 14.4. The van der Waals surface area contributed by atoms with Crippen LogP contribution in [0.5, 0.6) is 5.75 Å². The second-order valence-corrected chi connectivity index (χ2v) is 7.12. The third-order valence-corrected chi connectivity index (χ3v) is 5.04. The Hall–Kier alpha value is -4.13. The molecule has 0 spiro atoms. The fourth-order valence-corrected chi connectivity index (χ4v) is 3.64. The van der Waals surface area contributed by atoms with Crippen molar-refractivity contribution in [2.45, 2.75) is 13.8 Å². The van der Waals surface area contributed by atoms with E-state index in [1.807, 2.05) is 13.0 Å². The minimum atomic E-state index is -0.651. The Kier molecular flexibility index (Phi) is 3.86. The van der Waals surface area contributed by atoms with Crippen molar-refractivity contribution in [1.29, 1.82) is 0 Å². The summed E-state index contributed by atoms with van der Waals surface area (Å²) in [5.41, 5.74) is 2.21. The molecule has 0 aliphatic heterocycles. The summed E-state index contributed by atoms with van der Waals surface area (Å²) >= 11 is 0. The number of para-hydroxylation sites is 1. The van der Waals surface area contributed by atoms with Crippen molar-refractivity contribution in [2.75, 3.05) is 0 Å². The molecule has 0 atom stereocenters. The highest BCUT2D eigenvalue weighted by Crippen LogP contribution is 2.35. The molecule has 5 rings (SSSR count). The molecule has 7 heteroatoms. The molecule has 0 unspecified atom stereocenters. The molecule has 3 aromatic heterocycles. The molecular formula is C23H16N2O5. The van der Waals surface area contributed by atoms with Gasteiger partial charge in [-0.3, -0.25) is 0 Å². The summed E-state index contributed by atoms with van der Waals surface area (Å²) in [5, 5.41) is 16.6. The van der Waals surface area contributed by atoms with Crippen LogP contribution >= 0.6 is 0 Å². The number of hydrogen-bond donors (Lipinski definition) is 1. The van der Waals surface area contributed by atoms with E-state index < -0.39 is 11.3 Å². The lowest BCUT2D eigenvalue weighted by Gasteiger charge is -2.11. The number of aromatic nitrogens is 2. The van der Waals surface area contributed by atoms with Crippen LogP contribution in [-0.2, 0) is 0 Å². The number of nitrogens with zero attached hydrogens (tertiary/aromatic N) is 2. The number of hydrogen-bond acceptors (Lipinski definition) is 6. The van der Waals surface area contributed by atoms with E-state index in [4.69, 9.17) is 8.83 Å². The van der Waals surface area contributed by atoms with Crippen molar-refractivity contribution in [2.24, 2.45) is 0 Å². The van der Waals surface area contributed by atoms with Crippen molar-refractivity contribution in [3.63, 3.8) is 0 Å². The van der Waals surface area contributed by atoms with Crippen LogP contribution in [0.1, 0.15) is 11.3 Å². The van der Waals surface area contributed by atoms with E-state index in [0.717, 1.165) is 5.56 Å². The molecule has 0 radical (unpaired) electrons. The largest absolute Gasteiger partial charge is 0.506 e. The van der Waals surface area contributed by atoms with Crippen LogP contribution < -0.4 is 11.3 Å². The van der Waals surface area contributed by atoms with Gasteiger partial charge >= 0.3 is 11.3 Å². The Bertz CT molecular complexity index is 1570. The first-order valence-corrected chi connectivity index (χ1v) is 9.29. The van der Waals surface area contributed by atoms with Crippen LogP contribution in [0.3, 0.4) is 0 Å². The average Bonchev–Trinajstić information content (AvgIpc) is 3.10. The molecule has 0 fully saturated rings. The predicted molar refractivity (Wildman–Crippen MR) is 112 cm³/mol. The van der Waals surface area contributed by atoms with Gasteiger partial charge in [0.15, 0.2) is 0 Å². The Morgan fingerprint density at radius 1 is 0.967 bits per heavy atom. The van der Waals surface area contributed by atoms with Crippen molar-refractivity contribution >= 4 is 21.9 Å². The summed E-state index contributed by atoms with van der Waals surface area (Å²) < 4.78 is 12.3. The number of benzene rings is 2. The molecular weight excluding hydrogens is 384 g/mol. The monoisotopic (exact) mass is 400 g/mol. The molecule has 148 valence electrons. The van der Waals surface area contributed by atoms with Crippen LogP contribution in [0, 0.1) is 13.8 Å². The molecule has 0 bridgehead atoms. The Morgan fingerprint density at radius 3 is 2.63 bits per heavy atom. The zero-order valence-corrected chi connectivity index (χ0v) is 16.2. The van der Waals surface area contributed by atoms with Gasteiger partial charge in [-0.05, 0) is 55.8 Å². The highest BCUT2D eigenvalue weighted by Gasteiger charge is 2.21. The maximum atomic E-state index is 12.8. The number of aromatic hydroxyl groups is 1. The molecule has 30 heavy (non-hydrogen) atoms. The van der Waals surface area contributed by atoms with Crippen LogP contribution in [0.4, 0.5) is 0 Å². The van der Waals surface area contributed by atoms with E-state index in [-0.39, 0.29) is 11.3 Å². The summed E-state index contributed by atoms with van der Waals surface area (Å²) in [6.07, 6.45) is 0. The van der Waals surface area contributed by atoms with E-state index in [9.17, 15) is 14.7 Å². The topological polar surface area (TPSA) is 98.5 Å². The number of aryl methyl sites for hydroxylation is 2. The molecule has 2 aromatic carbocycles. The van der Waals surface area contributed by atoms with Gasteiger partial charge < -0.3 is 13.9 Å². The Labute approximate surface area is 169 Å². The maximum absolute atomic E-state index is 12.8. The zero-order valence-electron chi connectivity index (χ0n) is 16.2. The average molecular weight is 400 g/mol. The van der Waals surface area contributed by atoms with E-state index in [0.29, 0.717) is 39.0 Å². The molecule has 3 heterocycles. The summed E-state index contributed by atoms with van der Waals surface area (Å²) in [6, 6.07) is 15.2. The lowest BCUT2D eigenvalue weighted by molar-refractivity contribution is 0.470. The van der Waals surface area contributed by atoms with Gasteiger partial charge in [0.2, 0.25) is 0 Å². The summed E-state index contributed by atoms with van der Waals surface area (Å²) in [6.45, 7) is 3.61. The quantitative estimate of drug-likeness (QED) is 0.449. The normalized spacial score (nSPS) is 11.4. The third-order valence-electron chi connectivity index (χ3n) is 5.04. The fourth-order valence-electron chi connectivity index (χ4n) is 3.64. The van der Waals surface area contributed by atoms with Gasteiger partial charge in [0.25, 0.3) is 0 Å². The fraction of sp³-hybridized carbons (Fsp3) is 0.0870. The minimum absolute atomic E-state index is 0.0355. The molecule has 0 amide bonds. The summed E-state index contributed by atoms with van der Waals surface area (Å²) in [4.78, 5) is 24.3. The molecule has 7 nitrogen and oxygen atoms in total. The highest BCUT2D eigenvalue weighted by atomic mass is 16.4. The second kappa shape index (κ2) is 6.45. The van der Waals surface area contributed by atoms with Crippen LogP contribution in [0.25, 0.3) is 38.9 Å². The van der Waals surface area contributed by atoms with Crippen LogP contribution in [0.2, 0.25) is 0 Å². The Balaban J connectivity index is 1.78. The first kappa shape index (κ1) is 17.9. The third kappa shape index (κ3) is 2.71. The summed E-state index contributed by atoms with van der Waals surface area (Å²) in [5.74, 6) is -0.155. The minimum Gasteiger partial charge on any atom is -0.506 e. The molecule has 0 saturated heterocycles. The maximum Gasteiger partial charge on any atom is 0.349 e. The SMILES string of the molecule is Cc1cc(-c2c(O)c3cccc(C)c3oc2=O)n(-c2ccc3oc(=O)ccc3c2)n1. The van der Waals surface area contributed by atoms with Crippen molar-refractivity contribution < 1.29 is 13.9 Å². The number of fused-ring (bicyclic) bond motifs is 2. The molecule has 5 aromatic rings.